The molecule has 1 unspecified atom stereocenters. The number of benzene rings is 3. The molecule has 7 heteroatoms. The first-order valence-electron chi connectivity index (χ1n) is 9.17. The highest BCUT2D eigenvalue weighted by Gasteiger charge is 2.27. The van der Waals surface area contributed by atoms with Gasteiger partial charge in [-0.2, -0.15) is 0 Å². The number of thioether (sulfide) groups is 1. The topological polar surface area (TPSA) is 52.0 Å². The molecular weight excluding hydrogens is 404 g/mol. The lowest BCUT2D eigenvalue weighted by molar-refractivity contribution is 0.306. The van der Waals surface area contributed by atoms with Crippen molar-refractivity contribution in [2.45, 2.75) is 17.1 Å². The molecule has 1 atom stereocenters. The third-order valence-electron chi connectivity index (χ3n) is 4.61. The van der Waals surface area contributed by atoms with E-state index in [1.54, 1.807) is 11.8 Å². The number of hydrogen-bond donors (Lipinski definition) is 1. The number of nitrogens with one attached hydrogen (secondary N) is 1. The minimum atomic E-state index is 0.126. The lowest BCUT2D eigenvalue weighted by Gasteiger charge is -2.12. The lowest BCUT2D eigenvalue weighted by Crippen LogP contribution is -2.13. The van der Waals surface area contributed by atoms with E-state index in [1.165, 1.54) is 5.56 Å². The fraction of sp³-hybridized carbons (Fsp3) is 0.0909. The second kappa shape index (κ2) is 7.81. The summed E-state index contributed by atoms with van der Waals surface area (Å²) in [4.78, 5) is 0. The number of halogens is 1. The van der Waals surface area contributed by atoms with E-state index in [9.17, 15) is 0 Å². The molecule has 4 aromatic rings. The molecule has 0 fully saturated rings. The van der Waals surface area contributed by atoms with Crippen molar-refractivity contribution in [3.63, 3.8) is 0 Å². The molecule has 0 spiro atoms. The quantitative estimate of drug-likeness (QED) is 0.460. The second-order valence-corrected chi connectivity index (χ2v) is 8.13. The summed E-state index contributed by atoms with van der Waals surface area (Å²) in [6.45, 7) is 0.469. The average Bonchev–Trinajstić information content (AvgIpc) is 3.34. The summed E-state index contributed by atoms with van der Waals surface area (Å²) < 4.78 is 7.81. The monoisotopic (exact) mass is 420 g/mol. The first-order chi connectivity index (χ1) is 14.3. The van der Waals surface area contributed by atoms with Crippen LogP contribution in [0.15, 0.2) is 84.0 Å². The van der Waals surface area contributed by atoms with Crippen LogP contribution in [-0.2, 0) is 6.61 Å². The molecule has 0 radical (unpaired) electrons. The molecule has 2 heterocycles. The molecule has 0 aliphatic carbocycles. The van der Waals surface area contributed by atoms with Crippen LogP contribution in [0.4, 0.5) is 0 Å². The van der Waals surface area contributed by atoms with E-state index in [4.69, 9.17) is 16.3 Å². The van der Waals surface area contributed by atoms with Crippen molar-refractivity contribution in [1.82, 2.24) is 14.9 Å². The van der Waals surface area contributed by atoms with Crippen LogP contribution < -0.4 is 10.2 Å². The normalized spacial score (nSPS) is 15.0. The molecule has 29 heavy (non-hydrogen) atoms. The maximum absolute atomic E-state index is 6.02. The van der Waals surface area contributed by atoms with E-state index in [2.05, 4.69) is 27.8 Å². The number of nitrogens with zero attached hydrogens (tertiary/aromatic N) is 3. The molecule has 0 saturated carbocycles. The van der Waals surface area contributed by atoms with E-state index in [0.29, 0.717) is 11.6 Å². The molecule has 0 amide bonds. The number of ether oxygens (including phenoxy) is 1. The Bertz CT molecular complexity index is 1130. The predicted octanol–water partition coefficient (Wildman–Crippen LogP) is 5.53. The SMILES string of the molecule is Clc1cccc(COc2ccc(-c3nnc4n3NC(c3ccccc3)S4)cc2)c1. The van der Waals surface area contributed by atoms with E-state index in [0.717, 1.165) is 27.9 Å². The van der Waals surface area contributed by atoms with Crippen molar-refractivity contribution in [2.24, 2.45) is 0 Å². The number of hydrogen-bond acceptors (Lipinski definition) is 5. The molecule has 0 bridgehead atoms. The van der Waals surface area contributed by atoms with Crippen molar-refractivity contribution < 1.29 is 4.74 Å². The smallest absolute Gasteiger partial charge is 0.212 e. The highest BCUT2D eigenvalue weighted by atomic mass is 35.5. The van der Waals surface area contributed by atoms with Gasteiger partial charge in [0, 0.05) is 10.6 Å². The first kappa shape index (κ1) is 18.1. The third kappa shape index (κ3) is 3.81. The Morgan fingerprint density at radius 3 is 2.59 bits per heavy atom. The van der Waals surface area contributed by atoms with Gasteiger partial charge >= 0.3 is 0 Å². The van der Waals surface area contributed by atoms with Crippen LogP contribution in [0.3, 0.4) is 0 Å². The van der Waals surface area contributed by atoms with Crippen molar-refractivity contribution in [3.8, 4) is 17.1 Å². The van der Waals surface area contributed by atoms with Gasteiger partial charge in [0.1, 0.15) is 17.7 Å². The molecular formula is C22H17ClN4OS. The van der Waals surface area contributed by atoms with E-state index < -0.39 is 0 Å². The van der Waals surface area contributed by atoms with Gasteiger partial charge in [0.25, 0.3) is 0 Å². The summed E-state index contributed by atoms with van der Waals surface area (Å²) >= 11 is 7.68. The summed E-state index contributed by atoms with van der Waals surface area (Å²) in [5, 5.41) is 10.4. The number of rotatable bonds is 5. The summed E-state index contributed by atoms with van der Waals surface area (Å²) in [7, 11) is 0. The fourth-order valence-electron chi connectivity index (χ4n) is 3.16. The van der Waals surface area contributed by atoms with E-state index in [-0.39, 0.29) is 5.37 Å². The Balaban J connectivity index is 1.30. The van der Waals surface area contributed by atoms with Crippen LogP contribution in [0.5, 0.6) is 5.75 Å². The maximum atomic E-state index is 6.02. The average molecular weight is 421 g/mol. The summed E-state index contributed by atoms with van der Waals surface area (Å²) in [6.07, 6.45) is 0. The van der Waals surface area contributed by atoms with Crippen molar-refractivity contribution >= 4 is 23.4 Å². The summed E-state index contributed by atoms with van der Waals surface area (Å²) in [5.74, 6) is 1.58. The van der Waals surface area contributed by atoms with Gasteiger partial charge in [-0.3, -0.25) is 0 Å². The first-order valence-corrected chi connectivity index (χ1v) is 10.4. The van der Waals surface area contributed by atoms with Crippen LogP contribution in [0, 0.1) is 0 Å². The Morgan fingerprint density at radius 1 is 0.966 bits per heavy atom. The maximum Gasteiger partial charge on any atom is 0.212 e. The standard InChI is InChI=1S/C22H17ClN4OS/c23-18-8-4-5-15(13-18)14-28-19-11-9-16(10-12-19)20-24-25-22-27(20)26-21(29-22)17-6-2-1-3-7-17/h1-13,21,26H,14H2. The highest BCUT2D eigenvalue weighted by Crippen LogP contribution is 2.40. The molecule has 5 rings (SSSR count). The molecule has 1 aliphatic heterocycles. The zero-order chi connectivity index (χ0) is 19.6. The van der Waals surface area contributed by atoms with Crippen LogP contribution in [0.2, 0.25) is 5.02 Å². The van der Waals surface area contributed by atoms with Crippen LogP contribution >= 0.6 is 23.4 Å². The van der Waals surface area contributed by atoms with Crippen molar-refractivity contribution in [1.29, 1.82) is 0 Å². The van der Waals surface area contributed by atoms with Crippen LogP contribution in [0.25, 0.3) is 11.4 Å². The summed E-state index contributed by atoms with van der Waals surface area (Å²) in [6, 6.07) is 25.9. The Kier molecular flexibility index (Phi) is 4.87. The Morgan fingerprint density at radius 2 is 1.79 bits per heavy atom. The van der Waals surface area contributed by atoms with Crippen molar-refractivity contribution in [3.05, 3.63) is 95.0 Å². The molecule has 1 aliphatic rings. The predicted molar refractivity (Wildman–Crippen MR) is 116 cm³/mol. The van der Waals surface area contributed by atoms with Gasteiger partial charge in [0.15, 0.2) is 5.82 Å². The van der Waals surface area contributed by atoms with Gasteiger partial charge in [0.05, 0.1) is 0 Å². The molecule has 144 valence electrons. The lowest BCUT2D eigenvalue weighted by atomic mass is 10.2. The van der Waals surface area contributed by atoms with Gasteiger partial charge in [-0.05, 0) is 47.5 Å². The van der Waals surface area contributed by atoms with Gasteiger partial charge in [0.2, 0.25) is 5.16 Å². The second-order valence-electron chi connectivity index (χ2n) is 6.62. The Labute approximate surface area is 177 Å². The van der Waals surface area contributed by atoms with Crippen LogP contribution in [0.1, 0.15) is 16.5 Å². The number of aromatic nitrogens is 3. The highest BCUT2D eigenvalue weighted by molar-refractivity contribution is 7.99. The minimum Gasteiger partial charge on any atom is -0.489 e. The zero-order valence-electron chi connectivity index (χ0n) is 15.3. The molecule has 0 saturated heterocycles. The summed E-state index contributed by atoms with van der Waals surface area (Å²) in [5.41, 5.74) is 6.69. The molecule has 3 aromatic carbocycles. The fourth-order valence-corrected chi connectivity index (χ4v) is 4.37. The van der Waals surface area contributed by atoms with Gasteiger partial charge in [-0.1, -0.05) is 65.8 Å². The number of fused-ring (bicyclic) bond motifs is 1. The van der Waals surface area contributed by atoms with E-state index >= 15 is 0 Å². The van der Waals surface area contributed by atoms with Gasteiger partial charge in [-0.15, -0.1) is 10.2 Å². The van der Waals surface area contributed by atoms with Crippen molar-refractivity contribution in [2.75, 3.05) is 5.43 Å². The van der Waals surface area contributed by atoms with Gasteiger partial charge < -0.3 is 10.2 Å². The third-order valence-corrected chi connectivity index (χ3v) is 5.94. The van der Waals surface area contributed by atoms with Crippen LogP contribution in [-0.4, -0.2) is 14.9 Å². The molecule has 5 nitrogen and oxygen atoms in total. The van der Waals surface area contributed by atoms with Gasteiger partial charge in [-0.25, -0.2) is 4.68 Å². The molecule has 1 aromatic heterocycles. The largest absolute Gasteiger partial charge is 0.489 e. The Hall–Kier alpha value is -2.96. The minimum absolute atomic E-state index is 0.126. The van der Waals surface area contributed by atoms with E-state index in [1.807, 2.05) is 71.4 Å². The zero-order valence-corrected chi connectivity index (χ0v) is 16.9. The molecule has 1 N–H and O–H groups in total.